The summed E-state index contributed by atoms with van der Waals surface area (Å²) in [7, 11) is 4.85. The molecule has 2 aliphatic heterocycles. The van der Waals surface area contributed by atoms with Crippen molar-refractivity contribution in [2.24, 2.45) is 23.2 Å². The van der Waals surface area contributed by atoms with Gasteiger partial charge in [0.1, 0.15) is 0 Å². The molecule has 0 aromatic carbocycles. The van der Waals surface area contributed by atoms with Gasteiger partial charge in [0.05, 0.1) is 0 Å². The number of nitrogens with zero attached hydrogens (tertiary/aromatic N) is 2. The van der Waals surface area contributed by atoms with Gasteiger partial charge in [0.25, 0.3) is 0 Å². The Kier molecular flexibility index (Phi) is 37.6. The molecule has 2 fully saturated rings. The number of hydrogen-bond donors (Lipinski definition) is 8. The highest BCUT2D eigenvalue weighted by atomic mass is 16.6. The van der Waals surface area contributed by atoms with E-state index in [4.69, 9.17) is 60.0 Å². The van der Waals surface area contributed by atoms with Crippen LogP contribution in [0, 0.1) is 23.2 Å². The predicted octanol–water partition coefficient (Wildman–Crippen LogP) is 17.1. The van der Waals surface area contributed by atoms with Crippen LogP contribution in [0.2, 0.25) is 0 Å². The predicted molar refractivity (Wildman–Crippen MR) is 278 cm³/mol. The van der Waals surface area contributed by atoms with E-state index in [0.717, 1.165) is 17.8 Å². The van der Waals surface area contributed by atoms with Gasteiger partial charge in [0, 0.05) is 22.2 Å². The van der Waals surface area contributed by atoms with Crippen molar-refractivity contribution >= 4 is 24.6 Å². The third kappa shape index (κ3) is 32.0. The van der Waals surface area contributed by atoms with Gasteiger partial charge in [-0.15, -0.1) is 0 Å². The minimum atomic E-state index is -1.83. The summed E-state index contributed by atoms with van der Waals surface area (Å²) in [4.78, 5) is 39.7. The van der Waals surface area contributed by atoms with Gasteiger partial charge >= 0.3 is 24.6 Å². The second-order valence-electron chi connectivity index (χ2n) is 22.6. The van der Waals surface area contributed by atoms with Crippen molar-refractivity contribution < 1.29 is 60.0 Å². The summed E-state index contributed by atoms with van der Waals surface area (Å²) < 4.78 is 0. The zero-order valence-electron chi connectivity index (χ0n) is 45.8. The summed E-state index contributed by atoms with van der Waals surface area (Å²) in [6.45, 7) is 27.9. The van der Waals surface area contributed by atoms with Gasteiger partial charge in [0.2, 0.25) is 0 Å². The molecule has 0 amide bonds. The molecule has 2 heterocycles. The van der Waals surface area contributed by atoms with Gasteiger partial charge in [-0.3, -0.25) is 9.80 Å². The lowest BCUT2D eigenvalue weighted by Crippen LogP contribution is -2.63. The van der Waals surface area contributed by atoms with Crippen LogP contribution in [-0.4, -0.2) is 112 Å². The minimum Gasteiger partial charge on any atom is -0.450 e. The Labute approximate surface area is 415 Å². The van der Waals surface area contributed by atoms with Gasteiger partial charge in [-0.05, 0) is 131 Å². The van der Waals surface area contributed by atoms with E-state index in [1.165, 1.54) is 186 Å². The van der Waals surface area contributed by atoms with E-state index < -0.39 is 24.6 Å². The molecule has 0 aromatic heterocycles. The quantitative estimate of drug-likeness (QED) is 0.0341. The Balaban J connectivity index is -0.00000227. The molecule has 1 atom stereocenters. The van der Waals surface area contributed by atoms with Crippen LogP contribution >= 0.6 is 0 Å². The lowest BCUT2D eigenvalue weighted by molar-refractivity contribution is -0.122. The van der Waals surface area contributed by atoms with Crippen LogP contribution in [0.1, 0.15) is 262 Å². The Morgan fingerprint density at radius 3 is 0.838 bits per heavy atom. The lowest BCUT2D eigenvalue weighted by Gasteiger charge is -2.62. The Bertz CT molecular complexity index is 1190. The van der Waals surface area contributed by atoms with Gasteiger partial charge in [-0.25, -0.2) is 19.2 Å². The fraction of sp³-hybridized carbons (Fsp3) is 0.926. The van der Waals surface area contributed by atoms with Crippen molar-refractivity contribution in [2.45, 2.75) is 285 Å². The maximum absolute atomic E-state index is 8.56. The molecule has 14 heteroatoms. The van der Waals surface area contributed by atoms with E-state index >= 15 is 0 Å². The molecule has 2 aliphatic rings. The summed E-state index contributed by atoms with van der Waals surface area (Å²) in [5.74, 6) is 2.46. The molecule has 68 heavy (non-hydrogen) atoms. The van der Waals surface area contributed by atoms with Gasteiger partial charge < -0.3 is 40.9 Å². The van der Waals surface area contributed by atoms with E-state index in [-0.39, 0.29) is 22.2 Å². The van der Waals surface area contributed by atoms with Crippen LogP contribution in [0.4, 0.5) is 19.2 Å². The topological polar surface area (TPSA) is 237 Å². The van der Waals surface area contributed by atoms with E-state index in [1.54, 1.807) is 0 Å². The third-order valence-electron chi connectivity index (χ3n) is 15.7. The Morgan fingerprint density at radius 2 is 0.618 bits per heavy atom. The van der Waals surface area contributed by atoms with Crippen LogP contribution in [0.3, 0.4) is 0 Å². The summed E-state index contributed by atoms with van der Waals surface area (Å²) in [6, 6.07) is 0. The highest BCUT2D eigenvalue weighted by molar-refractivity contribution is 5.54. The first kappa shape index (κ1) is 69.3. The molecular weight excluding hydrogens is 869 g/mol. The summed E-state index contributed by atoms with van der Waals surface area (Å²) >= 11 is 0. The number of hydrogen-bond acceptors (Lipinski definition) is 6. The summed E-state index contributed by atoms with van der Waals surface area (Å²) in [5.41, 5.74) is 1.45. The molecule has 406 valence electrons. The fourth-order valence-electron chi connectivity index (χ4n) is 12.2. The number of carbonyl (C=O) groups is 4. The van der Waals surface area contributed by atoms with Crippen molar-refractivity contribution in [2.75, 3.05) is 14.1 Å². The van der Waals surface area contributed by atoms with Crippen LogP contribution in [0.15, 0.2) is 0 Å². The number of unbranched alkanes of at least 4 members (excludes halogenated alkanes) is 20. The van der Waals surface area contributed by atoms with Crippen LogP contribution in [0.5, 0.6) is 0 Å². The molecule has 14 nitrogen and oxygen atoms in total. The maximum Gasteiger partial charge on any atom is 0.503 e. The molecule has 2 rings (SSSR count). The van der Waals surface area contributed by atoms with E-state index in [2.05, 4.69) is 100 Å². The lowest BCUT2D eigenvalue weighted by atomic mass is 9.50. The number of carboxylic acid groups (broad SMARTS) is 8. The number of piperidine rings is 2. The minimum absolute atomic E-state index is 0.246. The van der Waals surface area contributed by atoms with E-state index in [1.807, 2.05) is 0 Å². The van der Waals surface area contributed by atoms with Crippen LogP contribution in [-0.2, 0) is 0 Å². The highest BCUT2D eigenvalue weighted by Gasteiger charge is 2.55. The first-order valence-corrected chi connectivity index (χ1v) is 26.6. The molecule has 0 aliphatic carbocycles. The average molecular weight is 977 g/mol. The molecule has 0 saturated carbocycles. The number of rotatable bonds is 28. The standard InChI is InChI=1S/C50H100N2.4CH2O3/c1-14-17-19-21-23-25-27-29-31-33-35-37-50(44-41-48(8,9)52(13)49(10,11)42-44,38-36-34-32-30-28-26-24-22-20-18-15-2)45(16-3)43-39-46(4,5)51(12)47(6,7)40-43;4*2-1(3)4/h43-45H,14-42H2,1-13H3;4*(H2,2,3,4). The van der Waals surface area contributed by atoms with Gasteiger partial charge in [-0.2, -0.15) is 0 Å². The first-order valence-electron chi connectivity index (χ1n) is 26.6. The molecular formula is C54H108N2O12. The van der Waals surface area contributed by atoms with E-state index in [9.17, 15) is 0 Å². The Hall–Kier alpha value is -3.00. The molecule has 8 N–H and O–H groups in total. The van der Waals surface area contributed by atoms with Crippen molar-refractivity contribution in [1.82, 2.24) is 9.80 Å². The SMILES string of the molecule is CCCCCCCCCCCCCC(CCCCCCCCCCCCC)(C1CC(C)(C)N(C)C(C)(C)C1)C(CC)C1CC(C)(C)N(C)C(C)(C)C1.O=C(O)O.O=C(O)O.O=C(O)O.O=C(O)O. The maximum atomic E-state index is 8.56. The highest BCUT2D eigenvalue weighted by Crippen LogP contribution is 2.60. The molecule has 0 aromatic rings. The molecule has 0 spiro atoms. The fourth-order valence-corrected chi connectivity index (χ4v) is 12.2. The summed E-state index contributed by atoms with van der Waals surface area (Å²) in [5, 5.41) is 55.8. The largest absolute Gasteiger partial charge is 0.503 e. The first-order chi connectivity index (χ1) is 31.4. The zero-order valence-corrected chi connectivity index (χ0v) is 45.8. The molecule has 2 saturated heterocycles. The van der Waals surface area contributed by atoms with Crippen LogP contribution < -0.4 is 0 Å². The Morgan fingerprint density at radius 1 is 0.412 bits per heavy atom. The molecule has 0 bridgehead atoms. The second kappa shape index (κ2) is 36.9. The van der Waals surface area contributed by atoms with Crippen molar-refractivity contribution in [3.8, 4) is 0 Å². The number of likely N-dealkylation sites (tertiary alicyclic amines) is 2. The van der Waals surface area contributed by atoms with Gasteiger partial charge in [0.15, 0.2) is 0 Å². The normalized spacial score (nSPS) is 18.1. The zero-order chi connectivity index (χ0) is 53.2. The summed E-state index contributed by atoms with van der Waals surface area (Å²) in [6.07, 6.45) is 34.3. The second-order valence-corrected chi connectivity index (χ2v) is 22.6. The van der Waals surface area contributed by atoms with Crippen molar-refractivity contribution in [3.05, 3.63) is 0 Å². The third-order valence-corrected chi connectivity index (χ3v) is 15.7. The average Bonchev–Trinajstić information content (AvgIpc) is 3.18. The monoisotopic (exact) mass is 977 g/mol. The van der Waals surface area contributed by atoms with Crippen molar-refractivity contribution in [3.63, 3.8) is 0 Å². The smallest absolute Gasteiger partial charge is 0.450 e. The molecule has 1 unspecified atom stereocenters. The molecule has 0 radical (unpaired) electrons. The van der Waals surface area contributed by atoms with Crippen LogP contribution in [0.25, 0.3) is 0 Å². The van der Waals surface area contributed by atoms with Crippen molar-refractivity contribution in [1.29, 1.82) is 0 Å². The van der Waals surface area contributed by atoms with E-state index in [0.29, 0.717) is 5.41 Å². The van der Waals surface area contributed by atoms with Gasteiger partial charge in [-0.1, -0.05) is 168 Å².